The molecule has 0 atom stereocenters. The van der Waals surface area contributed by atoms with Crippen LogP contribution < -0.4 is 0 Å². The van der Waals surface area contributed by atoms with Crippen LogP contribution in [0.4, 0.5) is 0 Å². The number of ketones is 1. The Labute approximate surface area is 94.2 Å². The summed E-state index contributed by atoms with van der Waals surface area (Å²) in [5.74, 6) is 0.257. The van der Waals surface area contributed by atoms with Crippen molar-refractivity contribution in [2.75, 3.05) is 0 Å². The van der Waals surface area contributed by atoms with Crippen LogP contribution in [0.1, 0.15) is 31.2 Å². The molecule has 0 N–H and O–H groups in total. The normalized spacial score (nSPS) is 18.9. The average molecular weight is 215 g/mol. The molecule has 1 aromatic carbocycles. The maximum absolute atomic E-state index is 11.2. The molecule has 0 bridgehead atoms. The summed E-state index contributed by atoms with van der Waals surface area (Å²) >= 11 is 0. The first-order valence-electron chi connectivity index (χ1n) is 5.43. The van der Waals surface area contributed by atoms with Crippen LogP contribution in [0, 0.1) is 0 Å². The molecule has 1 saturated carbocycles. The number of Topliss-reactive ketones (excluding diaryl/α,β-unsaturated/α-hetero) is 1. The predicted octanol–water partition coefficient (Wildman–Crippen LogP) is 2.36. The zero-order valence-electron chi connectivity index (χ0n) is 8.98. The fraction of sp³-hybridized carbons (Fsp3) is 0.385. The van der Waals surface area contributed by atoms with Crippen molar-refractivity contribution in [1.29, 1.82) is 0 Å². The molecule has 16 heavy (non-hydrogen) atoms. The molecule has 0 aromatic heterocycles. The summed E-state index contributed by atoms with van der Waals surface area (Å²) < 4.78 is 0. The van der Waals surface area contributed by atoms with E-state index in [2.05, 4.69) is 4.99 Å². The van der Waals surface area contributed by atoms with E-state index in [4.69, 9.17) is 0 Å². The van der Waals surface area contributed by atoms with Crippen LogP contribution >= 0.6 is 0 Å². The molecule has 1 aliphatic carbocycles. The van der Waals surface area contributed by atoms with Gasteiger partial charge in [-0.3, -0.25) is 4.79 Å². The SMILES string of the molecule is O=C=NC1(c2ccccc2)CCC(=O)CC1. The van der Waals surface area contributed by atoms with E-state index in [0.717, 1.165) is 5.56 Å². The highest BCUT2D eigenvalue weighted by Gasteiger charge is 2.36. The number of carbonyl (C=O) groups excluding carboxylic acids is 2. The van der Waals surface area contributed by atoms with Gasteiger partial charge in [0.1, 0.15) is 5.78 Å². The molecule has 0 unspecified atom stereocenters. The monoisotopic (exact) mass is 215 g/mol. The molecule has 0 amide bonds. The Morgan fingerprint density at radius 1 is 1.12 bits per heavy atom. The molecule has 2 rings (SSSR count). The van der Waals surface area contributed by atoms with Crippen LogP contribution in [-0.4, -0.2) is 11.9 Å². The van der Waals surface area contributed by atoms with E-state index in [-0.39, 0.29) is 5.78 Å². The second-order valence-electron chi connectivity index (χ2n) is 4.14. The van der Waals surface area contributed by atoms with Crippen molar-refractivity contribution in [2.45, 2.75) is 31.2 Å². The Hall–Kier alpha value is -1.73. The zero-order chi connectivity index (χ0) is 11.4. The number of isocyanates is 1. The molecule has 1 aliphatic rings. The van der Waals surface area contributed by atoms with Crippen molar-refractivity contribution < 1.29 is 9.59 Å². The lowest BCUT2D eigenvalue weighted by molar-refractivity contribution is -0.121. The number of aliphatic imine (C=N–C) groups is 1. The van der Waals surface area contributed by atoms with Crippen LogP contribution in [0.2, 0.25) is 0 Å². The molecule has 3 heteroatoms. The summed E-state index contributed by atoms with van der Waals surface area (Å²) in [7, 11) is 0. The van der Waals surface area contributed by atoms with Gasteiger partial charge in [-0.05, 0) is 18.4 Å². The van der Waals surface area contributed by atoms with E-state index in [1.165, 1.54) is 0 Å². The van der Waals surface area contributed by atoms with Crippen molar-refractivity contribution in [3.8, 4) is 0 Å². The molecule has 0 heterocycles. The Balaban J connectivity index is 2.37. The van der Waals surface area contributed by atoms with Crippen molar-refractivity contribution in [3.63, 3.8) is 0 Å². The lowest BCUT2D eigenvalue weighted by Crippen LogP contribution is -2.29. The van der Waals surface area contributed by atoms with Gasteiger partial charge in [-0.1, -0.05) is 30.3 Å². The first kappa shape index (κ1) is 10.8. The quantitative estimate of drug-likeness (QED) is 0.561. The highest BCUT2D eigenvalue weighted by molar-refractivity contribution is 5.79. The van der Waals surface area contributed by atoms with Gasteiger partial charge in [-0.15, -0.1) is 0 Å². The topological polar surface area (TPSA) is 46.5 Å². The van der Waals surface area contributed by atoms with Crippen LogP contribution in [0.25, 0.3) is 0 Å². The first-order valence-corrected chi connectivity index (χ1v) is 5.43. The van der Waals surface area contributed by atoms with Gasteiger partial charge in [0.2, 0.25) is 6.08 Å². The van der Waals surface area contributed by atoms with Gasteiger partial charge >= 0.3 is 0 Å². The minimum atomic E-state index is -0.517. The van der Waals surface area contributed by atoms with Gasteiger partial charge < -0.3 is 0 Å². The van der Waals surface area contributed by atoms with Crippen LogP contribution in [0.5, 0.6) is 0 Å². The van der Waals surface area contributed by atoms with E-state index in [0.29, 0.717) is 25.7 Å². The van der Waals surface area contributed by atoms with E-state index in [1.54, 1.807) is 6.08 Å². The van der Waals surface area contributed by atoms with E-state index in [9.17, 15) is 9.59 Å². The number of carbonyl (C=O) groups is 1. The molecular formula is C13H13NO2. The smallest absolute Gasteiger partial charge is 0.235 e. The Bertz CT molecular complexity index is 423. The Kier molecular flexibility index (Phi) is 2.97. The van der Waals surface area contributed by atoms with E-state index >= 15 is 0 Å². The summed E-state index contributed by atoms with van der Waals surface area (Å²) in [5, 5.41) is 0. The maximum Gasteiger partial charge on any atom is 0.235 e. The Morgan fingerprint density at radius 3 is 2.31 bits per heavy atom. The summed E-state index contributed by atoms with van der Waals surface area (Å²) in [6.45, 7) is 0. The zero-order valence-corrected chi connectivity index (χ0v) is 8.98. The van der Waals surface area contributed by atoms with Gasteiger partial charge in [0.25, 0.3) is 0 Å². The summed E-state index contributed by atoms with van der Waals surface area (Å²) in [4.78, 5) is 25.8. The van der Waals surface area contributed by atoms with Gasteiger partial charge in [-0.25, -0.2) is 4.79 Å². The van der Waals surface area contributed by atoms with Crippen molar-refractivity contribution in [3.05, 3.63) is 35.9 Å². The molecule has 0 aliphatic heterocycles. The number of hydrogen-bond donors (Lipinski definition) is 0. The van der Waals surface area contributed by atoms with Crippen LogP contribution in [-0.2, 0) is 15.1 Å². The summed E-state index contributed by atoms with van der Waals surface area (Å²) in [5.41, 5.74) is 0.488. The third-order valence-corrected chi connectivity index (χ3v) is 3.21. The lowest BCUT2D eigenvalue weighted by Gasteiger charge is -2.31. The third-order valence-electron chi connectivity index (χ3n) is 3.21. The standard InChI is InChI=1S/C13H13NO2/c15-10-14-13(8-6-12(16)7-9-13)11-4-2-1-3-5-11/h1-5H,6-9H2. The van der Waals surface area contributed by atoms with Gasteiger partial charge in [0, 0.05) is 12.8 Å². The van der Waals surface area contributed by atoms with E-state index in [1.807, 2.05) is 30.3 Å². The second-order valence-corrected chi connectivity index (χ2v) is 4.14. The average Bonchev–Trinajstić information content (AvgIpc) is 2.34. The maximum atomic E-state index is 11.2. The minimum absolute atomic E-state index is 0.257. The third kappa shape index (κ3) is 1.95. The number of rotatable bonds is 2. The largest absolute Gasteiger partial charge is 0.300 e. The second kappa shape index (κ2) is 4.42. The minimum Gasteiger partial charge on any atom is -0.300 e. The fourth-order valence-corrected chi connectivity index (χ4v) is 2.24. The van der Waals surface area contributed by atoms with E-state index < -0.39 is 5.54 Å². The van der Waals surface area contributed by atoms with Crippen molar-refractivity contribution in [2.24, 2.45) is 4.99 Å². The molecule has 1 fully saturated rings. The fourth-order valence-electron chi connectivity index (χ4n) is 2.24. The number of hydrogen-bond acceptors (Lipinski definition) is 3. The molecule has 0 radical (unpaired) electrons. The van der Waals surface area contributed by atoms with Gasteiger partial charge in [-0.2, -0.15) is 4.99 Å². The summed E-state index contributed by atoms with van der Waals surface area (Å²) in [6.07, 6.45) is 3.89. The molecule has 82 valence electrons. The Morgan fingerprint density at radius 2 is 1.75 bits per heavy atom. The van der Waals surface area contributed by atoms with Gasteiger partial charge in [0.15, 0.2) is 0 Å². The number of nitrogens with zero attached hydrogens (tertiary/aromatic N) is 1. The first-order chi connectivity index (χ1) is 7.77. The van der Waals surface area contributed by atoms with Crippen molar-refractivity contribution >= 4 is 11.9 Å². The van der Waals surface area contributed by atoms with Crippen LogP contribution in [0.3, 0.4) is 0 Å². The molecule has 3 nitrogen and oxygen atoms in total. The predicted molar refractivity (Wildman–Crippen MR) is 59.7 cm³/mol. The lowest BCUT2D eigenvalue weighted by atomic mass is 9.77. The molecule has 1 aromatic rings. The molecular weight excluding hydrogens is 202 g/mol. The van der Waals surface area contributed by atoms with Gasteiger partial charge in [0.05, 0.1) is 5.54 Å². The van der Waals surface area contributed by atoms with Crippen molar-refractivity contribution in [1.82, 2.24) is 0 Å². The molecule has 0 spiro atoms. The number of benzene rings is 1. The van der Waals surface area contributed by atoms with Crippen LogP contribution in [0.15, 0.2) is 35.3 Å². The summed E-state index contributed by atoms with van der Waals surface area (Å²) in [6, 6.07) is 9.69. The highest BCUT2D eigenvalue weighted by atomic mass is 16.1. The molecule has 0 saturated heterocycles. The highest BCUT2D eigenvalue weighted by Crippen LogP contribution is 2.39.